The van der Waals surface area contributed by atoms with Crippen LogP contribution in [0, 0.1) is 0 Å². The molecule has 0 unspecified atom stereocenters. The molecule has 4 aromatic rings. The number of carbonyl (C=O) groups excluding carboxylic acids is 3. The van der Waals surface area contributed by atoms with E-state index in [2.05, 4.69) is 16.0 Å². The van der Waals surface area contributed by atoms with Crippen LogP contribution in [0.2, 0.25) is 0 Å². The largest absolute Gasteiger partial charge is 0.493 e. The number of rotatable bonds is 11. The molecule has 45 heavy (non-hydrogen) atoms. The molecule has 0 heterocycles. The summed E-state index contributed by atoms with van der Waals surface area (Å²) in [7, 11) is 2.93. The van der Waals surface area contributed by atoms with Gasteiger partial charge in [0.1, 0.15) is 5.70 Å². The van der Waals surface area contributed by atoms with Crippen molar-refractivity contribution >= 4 is 46.9 Å². The summed E-state index contributed by atoms with van der Waals surface area (Å²) in [6.45, 7) is 0. The van der Waals surface area contributed by atoms with Crippen LogP contribution in [0.1, 0.15) is 21.5 Å². The van der Waals surface area contributed by atoms with E-state index in [0.29, 0.717) is 33.2 Å². The standard InChI is InChI=1S/C33H28F3N3O5S/c1-43-28-17-8-12-22(30(28)44-2)18-27(39-31(41)21-10-4-3-5-11-21)32(42)37-23-13-9-14-24(19-23)45-20-29(40)38-26-16-7-6-15-25(26)33(34,35)36/h3-19H,20H2,1-2H3,(H,37,42)(H,38,40)(H,39,41)/b27-18+. The Kier molecular flexibility index (Phi) is 10.9. The van der Waals surface area contributed by atoms with Crippen molar-refractivity contribution in [1.29, 1.82) is 0 Å². The van der Waals surface area contributed by atoms with Gasteiger partial charge in [0.05, 0.1) is 31.2 Å². The molecule has 0 aliphatic heterocycles. The molecular formula is C33H28F3N3O5S. The first kappa shape index (κ1) is 32.7. The SMILES string of the molecule is COc1cccc(/C=C(/NC(=O)c2ccccc2)C(=O)Nc2cccc(SCC(=O)Nc3ccccc3C(F)(F)F)c2)c1OC. The Morgan fingerprint density at radius 1 is 0.822 bits per heavy atom. The van der Waals surface area contributed by atoms with Gasteiger partial charge in [-0.2, -0.15) is 13.2 Å². The zero-order valence-electron chi connectivity index (χ0n) is 24.1. The van der Waals surface area contributed by atoms with Gasteiger partial charge < -0.3 is 25.4 Å². The molecule has 0 aromatic heterocycles. The van der Waals surface area contributed by atoms with Gasteiger partial charge in [0, 0.05) is 21.7 Å². The predicted octanol–water partition coefficient (Wildman–Crippen LogP) is 6.86. The Balaban J connectivity index is 1.51. The third kappa shape index (κ3) is 8.89. The van der Waals surface area contributed by atoms with Crippen molar-refractivity contribution in [1.82, 2.24) is 5.32 Å². The van der Waals surface area contributed by atoms with Crippen LogP contribution in [0.25, 0.3) is 6.08 Å². The van der Waals surface area contributed by atoms with Crippen LogP contribution in [0.3, 0.4) is 0 Å². The fourth-order valence-electron chi connectivity index (χ4n) is 4.16. The van der Waals surface area contributed by atoms with Crippen LogP contribution in [0.5, 0.6) is 11.5 Å². The van der Waals surface area contributed by atoms with Gasteiger partial charge >= 0.3 is 6.18 Å². The minimum absolute atomic E-state index is 0.0869. The Morgan fingerprint density at radius 3 is 2.24 bits per heavy atom. The Morgan fingerprint density at radius 2 is 1.53 bits per heavy atom. The summed E-state index contributed by atoms with van der Waals surface area (Å²) in [5.74, 6) is -1.19. The monoisotopic (exact) mass is 635 g/mol. The number of alkyl halides is 3. The molecule has 0 aliphatic carbocycles. The third-order valence-corrected chi connectivity index (χ3v) is 7.22. The fourth-order valence-corrected chi connectivity index (χ4v) is 4.92. The number of thioether (sulfide) groups is 1. The summed E-state index contributed by atoms with van der Waals surface area (Å²) in [6.07, 6.45) is -3.16. The number of carbonyl (C=O) groups is 3. The van der Waals surface area contributed by atoms with E-state index in [9.17, 15) is 27.6 Å². The number of nitrogens with one attached hydrogen (secondary N) is 3. The molecule has 0 aliphatic rings. The van der Waals surface area contributed by atoms with Gasteiger partial charge in [-0.3, -0.25) is 14.4 Å². The number of anilines is 2. The van der Waals surface area contributed by atoms with Crippen molar-refractivity contribution in [3.8, 4) is 11.5 Å². The highest BCUT2D eigenvalue weighted by atomic mass is 32.2. The van der Waals surface area contributed by atoms with Gasteiger partial charge in [0.2, 0.25) is 5.91 Å². The lowest BCUT2D eigenvalue weighted by Crippen LogP contribution is -2.30. The predicted molar refractivity (Wildman–Crippen MR) is 167 cm³/mol. The molecular weight excluding hydrogens is 607 g/mol. The molecule has 4 rings (SSSR count). The summed E-state index contributed by atoms with van der Waals surface area (Å²) < 4.78 is 50.6. The summed E-state index contributed by atoms with van der Waals surface area (Å²) in [4.78, 5) is 39.5. The normalized spacial score (nSPS) is 11.4. The van der Waals surface area contributed by atoms with Gasteiger partial charge in [-0.05, 0) is 54.6 Å². The van der Waals surface area contributed by atoms with Crippen molar-refractivity contribution in [2.75, 3.05) is 30.6 Å². The number of hydrogen-bond acceptors (Lipinski definition) is 6. The van der Waals surface area contributed by atoms with E-state index in [-0.39, 0.29) is 17.1 Å². The molecule has 3 amide bonds. The summed E-state index contributed by atoms with van der Waals surface area (Å²) >= 11 is 1.07. The Hall–Kier alpha value is -5.23. The minimum Gasteiger partial charge on any atom is -0.493 e. The lowest BCUT2D eigenvalue weighted by Gasteiger charge is -2.14. The Labute approximate surface area is 261 Å². The molecule has 3 N–H and O–H groups in total. The van der Waals surface area contributed by atoms with Gasteiger partial charge in [-0.15, -0.1) is 11.8 Å². The van der Waals surface area contributed by atoms with Crippen molar-refractivity contribution in [2.24, 2.45) is 0 Å². The third-order valence-electron chi connectivity index (χ3n) is 6.23. The molecule has 4 aromatic carbocycles. The van der Waals surface area contributed by atoms with Gasteiger partial charge in [0.15, 0.2) is 11.5 Å². The highest BCUT2D eigenvalue weighted by molar-refractivity contribution is 8.00. The first-order chi connectivity index (χ1) is 21.6. The number of para-hydroxylation sites is 2. The maximum Gasteiger partial charge on any atom is 0.418 e. The molecule has 232 valence electrons. The molecule has 0 atom stereocenters. The second-order valence-corrected chi connectivity index (χ2v) is 10.4. The van der Waals surface area contributed by atoms with E-state index in [0.717, 1.165) is 17.8 Å². The van der Waals surface area contributed by atoms with Crippen LogP contribution >= 0.6 is 11.8 Å². The van der Waals surface area contributed by atoms with E-state index in [1.165, 1.54) is 38.5 Å². The quantitative estimate of drug-likeness (QED) is 0.123. The first-order valence-electron chi connectivity index (χ1n) is 13.4. The maximum absolute atomic E-state index is 13.5. The highest BCUT2D eigenvalue weighted by Gasteiger charge is 2.33. The zero-order chi connectivity index (χ0) is 32.4. The topological polar surface area (TPSA) is 106 Å². The van der Waals surface area contributed by atoms with E-state index in [1.807, 2.05) is 0 Å². The van der Waals surface area contributed by atoms with E-state index in [4.69, 9.17) is 9.47 Å². The second kappa shape index (κ2) is 15.0. The average Bonchev–Trinajstić information content (AvgIpc) is 3.03. The van der Waals surface area contributed by atoms with Crippen molar-refractivity contribution in [2.45, 2.75) is 11.1 Å². The van der Waals surface area contributed by atoms with Crippen molar-refractivity contribution < 1.29 is 37.0 Å². The van der Waals surface area contributed by atoms with Crippen molar-refractivity contribution in [3.05, 3.63) is 119 Å². The number of hydrogen-bond donors (Lipinski definition) is 3. The molecule has 0 saturated carbocycles. The van der Waals surface area contributed by atoms with Crippen LogP contribution in [-0.2, 0) is 15.8 Å². The number of benzene rings is 4. The number of ether oxygens (including phenoxy) is 2. The van der Waals surface area contributed by atoms with E-state index in [1.54, 1.807) is 72.8 Å². The van der Waals surface area contributed by atoms with Gasteiger partial charge in [0.25, 0.3) is 11.8 Å². The molecule has 0 bridgehead atoms. The molecule has 8 nitrogen and oxygen atoms in total. The molecule has 0 spiro atoms. The van der Waals surface area contributed by atoms with E-state index < -0.39 is 29.5 Å². The number of halogens is 3. The molecule has 12 heteroatoms. The van der Waals surface area contributed by atoms with Gasteiger partial charge in [-0.1, -0.05) is 48.5 Å². The summed E-state index contributed by atoms with van der Waals surface area (Å²) in [5, 5.41) is 7.71. The highest BCUT2D eigenvalue weighted by Crippen LogP contribution is 2.35. The Bertz CT molecular complexity index is 1710. The summed E-state index contributed by atoms with van der Waals surface area (Å²) in [5.41, 5.74) is -0.202. The second-order valence-electron chi connectivity index (χ2n) is 9.32. The smallest absolute Gasteiger partial charge is 0.418 e. The first-order valence-corrected chi connectivity index (χ1v) is 14.4. The van der Waals surface area contributed by atoms with Crippen LogP contribution in [0.15, 0.2) is 108 Å². The molecule has 0 radical (unpaired) electrons. The van der Waals surface area contributed by atoms with Crippen molar-refractivity contribution in [3.63, 3.8) is 0 Å². The fraction of sp³-hybridized carbons (Fsp3) is 0.121. The maximum atomic E-state index is 13.5. The number of amides is 3. The van der Waals surface area contributed by atoms with Crippen LogP contribution < -0.4 is 25.4 Å². The number of methoxy groups -OCH3 is 2. The van der Waals surface area contributed by atoms with Crippen LogP contribution in [0.4, 0.5) is 24.5 Å². The lowest BCUT2D eigenvalue weighted by atomic mass is 10.1. The zero-order valence-corrected chi connectivity index (χ0v) is 24.9. The van der Waals surface area contributed by atoms with Crippen LogP contribution in [-0.4, -0.2) is 37.7 Å². The molecule has 0 fully saturated rings. The van der Waals surface area contributed by atoms with E-state index >= 15 is 0 Å². The average molecular weight is 636 g/mol. The minimum atomic E-state index is -4.62. The summed E-state index contributed by atoms with van der Waals surface area (Å²) in [6, 6.07) is 24.7. The van der Waals surface area contributed by atoms with Gasteiger partial charge in [-0.25, -0.2) is 0 Å². The molecule has 0 saturated heterocycles. The lowest BCUT2D eigenvalue weighted by molar-refractivity contribution is -0.137.